The molecule has 2 fully saturated rings. The second-order valence-corrected chi connectivity index (χ2v) is 10.9. The summed E-state index contributed by atoms with van der Waals surface area (Å²) < 4.78 is 27.3. The summed E-state index contributed by atoms with van der Waals surface area (Å²) in [6, 6.07) is 7.15. The molecule has 2 aromatic heterocycles. The van der Waals surface area contributed by atoms with Crippen molar-refractivity contribution in [2.45, 2.75) is 19.3 Å². The zero-order valence-electron chi connectivity index (χ0n) is 19.3. The summed E-state index contributed by atoms with van der Waals surface area (Å²) in [7, 11) is -0.463. The van der Waals surface area contributed by atoms with Crippen LogP contribution < -0.4 is 25.4 Å². The van der Waals surface area contributed by atoms with Crippen molar-refractivity contribution in [2.75, 3.05) is 46.2 Å². The molecule has 3 heterocycles. The average Bonchev–Trinajstić information content (AvgIpc) is 3.53. The van der Waals surface area contributed by atoms with Crippen molar-refractivity contribution < 1.29 is 13.2 Å². The van der Waals surface area contributed by atoms with Gasteiger partial charge >= 0.3 is 0 Å². The minimum absolute atomic E-state index is 0.00667. The third-order valence-corrected chi connectivity index (χ3v) is 7.51. The van der Waals surface area contributed by atoms with Crippen molar-refractivity contribution in [1.29, 1.82) is 0 Å². The standard InChI is InChI=1S/C22H27N7O4S/c1-27-22(31)19-16(12-18(24-20(19)26-27)25-21(30)13-5-6-13)23-15-8-7-14(29-9-4-10-29)11-17(15)28(2)34(3,32)33/h7-8,11-13H,4-6,9-10H2,1-3H3,(H3,23,24,25,26,30). The Labute approximate surface area is 196 Å². The Kier molecular flexibility index (Phi) is 5.27. The highest BCUT2D eigenvalue weighted by molar-refractivity contribution is 7.92. The molecule has 0 unspecified atom stereocenters. The number of aromatic nitrogens is 3. The lowest BCUT2D eigenvalue weighted by Crippen LogP contribution is -2.37. The van der Waals surface area contributed by atoms with Gasteiger partial charge in [0.2, 0.25) is 15.9 Å². The number of rotatable bonds is 7. The van der Waals surface area contributed by atoms with Crippen LogP contribution in [0.2, 0.25) is 0 Å². The second-order valence-electron chi connectivity index (χ2n) is 8.92. The normalized spacial score (nSPS) is 15.8. The number of aromatic amines is 1. The Morgan fingerprint density at radius 3 is 2.56 bits per heavy atom. The highest BCUT2D eigenvalue weighted by atomic mass is 32.2. The fourth-order valence-corrected chi connectivity index (χ4v) is 4.45. The molecule has 3 aromatic rings. The summed E-state index contributed by atoms with van der Waals surface area (Å²) in [6.07, 6.45) is 3.95. The maximum Gasteiger partial charge on any atom is 0.277 e. The number of fused-ring (bicyclic) bond motifs is 1. The van der Waals surface area contributed by atoms with Gasteiger partial charge in [0.15, 0.2) is 5.65 Å². The van der Waals surface area contributed by atoms with E-state index in [4.69, 9.17) is 0 Å². The van der Waals surface area contributed by atoms with Crippen molar-refractivity contribution in [2.24, 2.45) is 13.0 Å². The van der Waals surface area contributed by atoms with Gasteiger partial charge in [0.05, 0.1) is 23.3 Å². The van der Waals surface area contributed by atoms with E-state index in [1.54, 1.807) is 19.2 Å². The molecular weight excluding hydrogens is 458 g/mol. The van der Waals surface area contributed by atoms with E-state index >= 15 is 0 Å². The van der Waals surface area contributed by atoms with Crippen LogP contribution >= 0.6 is 0 Å². The quantitative estimate of drug-likeness (QED) is 0.466. The minimum atomic E-state index is -3.54. The molecule has 1 saturated heterocycles. The van der Waals surface area contributed by atoms with Crippen LogP contribution in [0.4, 0.5) is 28.6 Å². The van der Waals surface area contributed by atoms with Gasteiger partial charge in [0.25, 0.3) is 5.56 Å². The van der Waals surface area contributed by atoms with Crippen LogP contribution in [-0.2, 0) is 21.9 Å². The fraction of sp³-hybridized carbons (Fsp3) is 0.409. The van der Waals surface area contributed by atoms with E-state index in [0.717, 1.165) is 44.3 Å². The lowest BCUT2D eigenvalue weighted by molar-refractivity contribution is -0.117. The molecule has 0 atom stereocenters. The molecule has 1 amide bonds. The molecule has 0 bridgehead atoms. The summed E-state index contributed by atoms with van der Waals surface area (Å²) in [6.45, 7) is 1.84. The number of hydrogen-bond acceptors (Lipinski definition) is 7. The largest absolute Gasteiger partial charge is 0.371 e. The summed E-state index contributed by atoms with van der Waals surface area (Å²) in [5, 5.41) is 9.26. The van der Waals surface area contributed by atoms with Crippen molar-refractivity contribution in [1.82, 2.24) is 14.8 Å². The molecule has 1 saturated carbocycles. The first-order valence-electron chi connectivity index (χ1n) is 11.1. The number of nitrogens with one attached hydrogen (secondary N) is 3. The second kappa shape index (κ2) is 8.05. The van der Waals surface area contributed by atoms with E-state index in [0.29, 0.717) is 33.9 Å². The number of benzene rings is 1. The monoisotopic (exact) mass is 485 g/mol. The summed E-state index contributed by atoms with van der Waals surface area (Å²) >= 11 is 0. The molecule has 12 heteroatoms. The van der Waals surface area contributed by atoms with Crippen LogP contribution in [-0.4, -0.2) is 55.5 Å². The van der Waals surface area contributed by atoms with Crippen molar-refractivity contribution in [3.05, 3.63) is 34.6 Å². The van der Waals surface area contributed by atoms with Gasteiger partial charge in [-0.15, -0.1) is 0 Å². The van der Waals surface area contributed by atoms with Gasteiger partial charge in [0.1, 0.15) is 11.2 Å². The smallest absolute Gasteiger partial charge is 0.277 e. The van der Waals surface area contributed by atoms with Gasteiger partial charge in [-0.05, 0) is 37.5 Å². The van der Waals surface area contributed by atoms with Crippen molar-refractivity contribution in [3.8, 4) is 0 Å². The van der Waals surface area contributed by atoms with Crippen LogP contribution in [0, 0.1) is 5.92 Å². The SMILES string of the molecule is CN(c1cc(N2CCC2)ccc1Nc1cc(NC(=O)C2CC2)nc2[nH]n(C)c(=O)c12)S(C)(=O)=O. The van der Waals surface area contributed by atoms with Crippen LogP contribution in [0.25, 0.3) is 11.0 Å². The molecule has 0 radical (unpaired) electrons. The lowest BCUT2D eigenvalue weighted by Gasteiger charge is -2.34. The number of carbonyl (C=O) groups excluding carboxylic acids is 1. The van der Waals surface area contributed by atoms with Gasteiger partial charge < -0.3 is 15.5 Å². The molecule has 1 aromatic carbocycles. The zero-order valence-corrected chi connectivity index (χ0v) is 20.1. The zero-order chi connectivity index (χ0) is 24.2. The molecule has 1 aliphatic carbocycles. The van der Waals surface area contributed by atoms with E-state index in [2.05, 4.69) is 25.6 Å². The third kappa shape index (κ3) is 4.09. The highest BCUT2D eigenvalue weighted by Crippen LogP contribution is 2.37. The van der Waals surface area contributed by atoms with E-state index in [-0.39, 0.29) is 17.4 Å². The van der Waals surface area contributed by atoms with E-state index < -0.39 is 10.0 Å². The molecule has 180 valence electrons. The summed E-state index contributed by atoms with van der Waals surface area (Å²) in [5.74, 6) is 0.198. The van der Waals surface area contributed by atoms with Gasteiger partial charge in [0, 0.05) is 44.9 Å². The molecule has 1 aliphatic heterocycles. The number of pyridine rings is 1. The lowest BCUT2D eigenvalue weighted by atomic mass is 10.1. The van der Waals surface area contributed by atoms with Crippen LogP contribution in [0.5, 0.6) is 0 Å². The van der Waals surface area contributed by atoms with Crippen LogP contribution in [0.3, 0.4) is 0 Å². The number of carbonyl (C=O) groups is 1. The Morgan fingerprint density at radius 2 is 1.94 bits per heavy atom. The maximum atomic E-state index is 12.8. The van der Waals surface area contributed by atoms with Gasteiger partial charge in [-0.1, -0.05) is 0 Å². The van der Waals surface area contributed by atoms with Gasteiger partial charge in [-0.3, -0.25) is 23.7 Å². The number of sulfonamides is 1. The number of hydrogen-bond donors (Lipinski definition) is 3. The van der Waals surface area contributed by atoms with Crippen LogP contribution in [0.1, 0.15) is 19.3 Å². The third-order valence-electron chi connectivity index (χ3n) is 6.32. The minimum Gasteiger partial charge on any atom is -0.371 e. The van der Waals surface area contributed by atoms with Crippen molar-refractivity contribution >= 4 is 55.5 Å². The molecule has 5 rings (SSSR count). The number of nitrogens with zero attached hydrogens (tertiary/aromatic N) is 4. The molecular formula is C22H27N7O4S. The Morgan fingerprint density at radius 1 is 1.21 bits per heavy atom. The van der Waals surface area contributed by atoms with Gasteiger partial charge in [-0.25, -0.2) is 13.4 Å². The van der Waals surface area contributed by atoms with Gasteiger partial charge in [-0.2, -0.15) is 0 Å². The topological polar surface area (TPSA) is 132 Å². The van der Waals surface area contributed by atoms with Crippen LogP contribution in [0.15, 0.2) is 29.1 Å². The number of H-pyrrole nitrogens is 1. The summed E-state index contributed by atoms with van der Waals surface area (Å²) in [5.41, 5.74) is 2.33. The first-order chi connectivity index (χ1) is 16.1. The molecule has 2 aliphatic rings. The summed E-state index contributed by atoms with van der Waals surface area (Å²) in [4.78, 5) is 31.7. The number of amides is 1. The first-order valence-corrected chi connectivity index (χ1v) is 13.0. The maximum absolute atomic E-state index is 12.8. The molecule has 34 heavy (non-hydrogen) atoms. The highest BCUT2D eigenvalue weighted by Gasteiger charge is 2.30. The molecule has 3 N–H and O–H groups in total. The Balaban J connectivity index is 1.60. The number of aryl methyl sites for hydroxylation is 1. The van der Waals surface area contributed by atoms with E-state index in [1.807, 2.05) is 12.1 Å². The predicted octanol–water partition coefficient (Wildman–Crippen LogP) is 1.96. The Bertz CT molecular complexity index is 1450. The van der Waals surface area contributed by atoms with Crippen molar-refractivity contribution in [3.63, 3.8) is 0 Å². The fourth-order valence-electron chi connectivity index (χ4n) is 3.94. The first kappa shape index (κ1) is 22.3. The average molecular weight is 486 g/mol. The molecule has 0 spiro atoms. The van der Waals surface area contributed by atoms with E-state index in [1.165, 1.54) is 16.0 Å². The predicted molar refractivity (Wildman–Crippen MR) is 132 cm³/mol. The number of anilines is 5. The van der Waals surface area contributed by atoms with E-state index in [9.17, 15) is 18.0 Å². The molecule has 11 nitrogen and oxygen atoms in total. The Hall–Kier alpha value is -3.54.